The van der Waals surface area contributed by atoms with Crippen molar-refractivity contribution in [2.24, 2.45) is 5.73 Å². The molecule has 2 N–H and O–H groups in total. The molecular weight excluding hydrogens is 316 g/mol. The molecule has 0 bridgehead atoms. The third-order valence-corrected chi connectivity index (χ3v) is 4.11. The minimum atomic E-state index is -2.95. The van der Waals surface area contributed by atoms with Gasteiger partial charge in [-0.25, -0.2) is 8.42 Å². The van der Waals surface area contributed by atoms with Crippen LogP contribution >= 0.6 is 15.9 Å². The Morgan fingerprint density at radius 1 is 1.44 bits per heavy atom. The molecule has 6 heteroatoms. The number of hydrogen-bond acceptors (Lipinski definition) is 4. The Hall–Kier alpha value is -0.590. The summed E-state index contributed by atoms with van der Waals surface area (Å²) < 4.78 is 23.3. The predicted octanol–water partition coefficient (Wildman–Crippen LogP) is 1.95. The lowest BCUT2D eigenvalue weighted by Gasteiger charge is -2.24. The van der Waals surface area contributed by atoms with E-state index in [1.54, 1.807) is 0 Å². The van der Waals surface area contributed by atoms with Crippen LogP contribution in [-0.2, 0) is 9.84 Å². The van der Waals surface area contributed by atoms with Crippen molar-refractivity contribution in [1.82, 2.24) is 0 Å². The maximum Gasteiger partial charge on any atom is 0.149 e. The van der Waals surface area contributed by atoms with Gasteiger partial charge in [-0.05, 0) is 30.7 Å². The monoisotopic (exact) mass is 334 g/mol. The van der Waals surface area contributed by atoms with Gasteiger partial charge in [0.15, 0.2) is 0 Å². The van der Waals surface area contributed by atoms with Crippen molar-refractivity contribution in [3.8, 4) is 0 Å². The lowest BCUT2D eigenvalue weighted by Crippen LogP contribution is -2.26. The minimum Gasteiger partial charge on any atom is -0.373 e. The Kier molecular flexibility index (Phi) is 5.19. The van der Waals surface area contributed by atoms with Crippen molar-refractivity contribution in [3.63, 3.8) is 0 Å². The van der Waals surface area contributed by atoms with E-state index in [4.69, 9.17) is 5.73 Å². The van der Waals surface area contributed by atoms with Crippen LogP contribution in [0, 0.1) is 0 Å². The molecule has 0 heterocycles. The summed E-state index contributed by atoms with van der Waals surface area (Å²) in [4.78, 5) is 1.92. The highest BCUT2D eigenvalue weighted by Gasteiger charge is 2.13. The largest absolute Gasteiger partial charge is 0.373 e. The van der Waals surface area contributed by atoms with Crippen molar-refractivity contribution in [1.29, 1.82) is 0 Å². The van der Waals surface area contributed by atoms with Gasteiger partial charge in [-0.3, -0.25) is 0 Å². The molecule has 1 unspecified atom stereocenters. The van der Waals surface area contributed by atoms with Crippen LogP contribution in [0.5, 0.6) is 0 Å². The summed E-state index contributed by atoms with van der Waals surface area (Å²) in [6.07, 6.45) is 1.24. The minimum absolute atomic E-state index is 0.0989. The van der Waals surface area contributed by atoms with E-state index < -0.39 is 9.84 Å². The molecule has 1 rings (SSSR count). The molecule has 0 amide bonds. The Morgan fingerprint density at radius 3 is 2.56 bits per heavy atom. The van der Waals surface area contributed by atoms with E-state index in [0.29, 0.717) is 6.54 Å². The number of rotatable bonds is 5. The molecule has 0 saturated heterocycles. The first kappa shape index (κ1) is 15.5. The summed E-state index contributed by atoms with van der Waals surface area (Å²) in [5.74, 6) is 0.137. The van der Waals surface area contributed by atoms with Gasteiger partial charge in [0.25, 0.3) is 0 Å². The molecule has 0 saturated carbocycles. The van der Waals surface area contributed by atoms with Crippen LogP contribution in [0.25, 0.3) is 0 Å². The molecule has 1 atom stereocenters. The third-order valence-electron chi connectivity index (χ3n) is 2.69. The molecular formula is C12H19BrN2O2S. The number of anilines is 1. The van der Waals surface area contributed by atoms with E-state index in [0.717, 1.165) is 15.7 Å². The zero-order valence-electron chi connectivity index (χ0n) is 10.9. The smallest absolute Gasteiger partial charge is 0.149 e. The molecule has 102 valence electrons. The van der Waals surface area contributed by atoms with Crippen LogP contribution in [-0.4, -0.2) is 34.0 Å². The van der Waals surface area contributed by atoms with Crippen LogP contribution in [0.15, 0.2) is 22.7 Å². The number of sulfone groups is 1. The Balaban J connectivity index is 2.95. The number of halogens is 1. The summed E-state index contributed by atoms with van der Waals surface area (Å²) in [5.41, 5.74) is 7.91. The second kappa shape index (κ2) is 6.04. The highest BCUT2D eigenvalue weighted by atomic mass is 79.9. The van der Waals surface area contributed by atoms with Crippen molar-refractivity contribution in [3.05, 3.63) is 28.2 Å². The van der Waals surface area contributed by atoms with Crippen LogP contribution in [0.3, 0.4) is 0 Å². The van der Waals surface area contributed by atoms with E-state index in [9.17, 15) is 8.42 Å². The van der Waals surface area contributed by atoms with Gasteiger partial charge in [0.1, 0.15) is 9.84 Å². The Morgan fingerprint density at radius 2 is 2.06 bits per heavy atom. The first-order valence-electron chi connectivity index (χ1n) is 5.64. The second-order valence-electron chi connectivity index (χ2n) is 4.54. The lowest BCUT2D eigenvalue weighted by molar-refractivity contribution is 0.601. The quantitative estimate of drug-likeness (QED) is 0.893. The standard InChI is InChI=1S/C12H19BrN2O2S/c1-9(14)11-8-10(13)4-5-12(11)15(2)6-7-18(3,16)17/h4-5,8-9H,6-7,14H2,1-3H3. The van der Waals surface area contributed by atoms with Crippen LogP contribution in [0.4, 0.5) is 5.69 Å². The molecule has 1 aromatic rings. The van der Waals surface area contributed by atoms with Gasteiger partial charge in [0.05, 0.1) is 5.75 Å². The maximum absolute atomic E-state index is 11.2. The van der Waals surface area contributed by atoms with Crippen molar-refractivity contribution in [2.45, 2.75) is 13.0 Å². The molecule has 0 spiro atoms. The summed E-state index contributed by atoms with van der Waals surface area (Å²) in [5, 5.41) is 0. The Labute approximate surface area is 117 Å². The molecule has 1 aromatic carbocycles. The lowest BCUT2D eigenvalue weighted by atomic mass is 10.1. The van der Waals surface area contributed by atoms with Crippen molar-refractivity contribution >= 4 is 31.5 Å². The van der Waals surface area contributed by atoms with E-state index >= 15 is 0 Å². The Bertz CT molecular complexity index is 515. The summed E-state index contributed by atoms with van der Waals surface area (Å²) in [7, 11) is -1.08. The van der Waals surface area contributed by atoms with Crippen molar-refractivity contribution < 1.29 is 8.42 Å². The second-order valence-corrected chi connectivity index (χ2v) is 7.72. The first-order valence-corrected chi connectivity index (χ1v) is 8.50. The van der Waals surface area contributed by atoms with Crippen LogP contribution < -0.4 is 10.6 Å². The SMILES string of the molecule is CC(N)c1cc(Br)ccc1N(C)CCS(C)(=O)=O. The zero-order valence-corrected chi connectivity index (χ0v) is 13.3. The number of benzene rings is 1. The maximum atomic E-state index is 11.2. The fraction of sp³-hybridized carbons (Fsp3) is 0.500. The molecule has 0 aliphatic carbocycles. The van der Waals surface area contributed by atoms with Crippen LogP contribution in [0.2, 0.25) is 0 Å². The fourth-order valence-corrected chi connectivity index (χ4v) is 2.65. The first-order chi connectivity index (χ1) is 8.20. The highest BCUT2D eigenvalue weighted by Crippen LogP contribution is 2.27. The van der Waals surface area contributed by atoms with Gasteiger partial charge in [-0.1, -0.05) is 15.9 Å². The zero-order chi connectivity index (χ0) is 13.9. The van der Waals surface area contributed by atoms with Gasteiger partial charge >= 0.3 is 0 Å². The van der Waals surface area contributed by atoms with Gasteiger partial charge in [0, 0.05) is 36.1 Å². The predicted molar refractivity (Wildman–Crippen MR) is 79.7 cm³/mol. The summed E-state index contributed by atoms with van der Waals surface area (Å²) in [6.45, 7) is 2.37. The number of nitrogens with zero attached hydrogens (tertiary/aromatic N) is 1. The van der Waals surface area contributed by atoms with E-state index in [2.05, 4.69) is 15.9 Å². The average Bonchev–Trinajstić information content (AvgIpc) is 2.24. The summed E-state index contributed by atoms with van der Waals surface area (Å²) in [6, 6.07) is 5.75. The van der Waals surface area contributed by atoms with E-state index in [-0.39, 0.29) is 11.8 Å². The molecule has 4 nitrogen and oxygen atoms in total. The van der Waals surface area contributed by atoms with E-state index in [1.165, 1.54) is 6.26 Å². The van der Waals surface area contributed by atoms with Gasteiger partial charge in [0.2, 0.25) is 0 Å². The molecule has 0 aliphatic rings. The number of hydrogen-bond donors (Lipinski definition) is 1. The molecule has 0 fully saturated rings. The average molecular weight is 335 g/mol. The van der Waals surface area contributed by atoms with Gasteiger partial charge in [-0.2, -0.15) is 0 Å². The summed E-state index contributed by atoms with van der Waals surface area (Å²) >= 11 is 3.41. The third kappa shape index (κ3) is 4.59. The molecule has 0 radical (unpaired) electrons. The normalized spacial score (nSPS) is 13.4. The topological polar surface area (TPSA) is 63.4 Å². The van der Waals surface area contributed by atoms with E-state index in [1.807, 2.05) is 37.1 Å². The van der Waals surface area contributed by atoms with Crippen LogP contribution in [0.1, 0.15) is 18.5 Å². The van der Waals surface area contributed by atoms with Gasteiger partial charge in [-0.15, -0.1) is 0 Å². The van der Waals surface area contributed by atoms with Crippen molar-refractivity contribution in [2.75, 3.05) is 30.5 Å². The molecule has 0 aromatic heterocycles. The fourth-order valence-electron chi connectivity index (χ4n) is 1.66. The molecule has 18 heavy (non-hydrogen) atoms. The van der Waals surface area contributed by atoms with Gasteiger partial charge < -0.3 is 10.6 Å². The highest BCUT2D eigenvalue weighted by molar-refractivity contribution is 9.10. The number of nitrogens with two attached hydrogens (primary N) is 1. The molecule has 0 aliphatic heterocycles.